The van der Waals surface area contributed by atoms with Crippen molar-refractivity contribution in [1.29, 1.82) is 0 Å². The molecule has 25 heteroatoms. The zero-order valence-electron chi connectivity index (χ0n) is 59.2. The van der Waals surface area contributed by atoms with E-state index in [2.05, 4.69) is 51.0 Å². The Labute approximate surface area is 637 Å². The quantitative estimate of drug-likeness (QED) is 0.0165. The Hall–Kier alpha value is -4.57. The second-order valence-corrected chi connectivity index (χ2v) is 27.1. The minimum atomic E-state index is -0.691. The van der Waals surface area contributed by atoms with Crippen LogP contribution in [0.4, 0.5) is 9.59 Å². The minimum Gasteiger partial charge on any atom is -0.494 e. The van der Waals surface area contributed by atoms with E-state index in [1.165, 1.54) is 29.1 Å². The maximum absolute atomic E-state index is 12.9. The number of rotatable bonds is 36. The Morgan fingerprint density at radius 1 is 0.495 bits per heavy atom. The standard InChI is InChI=1S/C26H42N2O6S.C15H25N3O2S.C12H16O2S.C10H14OS.C8H16O2.3CH4.3H2S/c1-8-17-32-20-14-12-19(13-15-20)18-35-22(29)21(28-24(31)34-26(5,6)7)11-9-10-16-27-23(30)33-25(2,3)4;16-8-2-1-3-14(18)15(19)21-11-12-4-6-13(7-5-12)20-10-9-17;1-3-8-14-12-6-4-11(5-7-12)9-15-10(2)13;1-2-7-11-10-5-3-9(8-12)4-6-10;1-3-4-5-6-7(2)8(9)10;;;;;;/h12-15,21H,8-11,16-18H2,1-7H3,(H,27,30)(H,28,31);4-7,14H,1-3,8-11,16-18H2;4-7H,3,8-9H2,1-2H3;3-6,12H,2,7-8H2,1H3;7H,3-6H2,1-2H3,(H,9,10);3*1H4;3*1H2/t21-;14-;;;7-;;;;;;/m00..0....../s1. The molecular formula is C74H131N5O13S7. The van der Waals surface area contributed by atoms with Gasteiger partial charge in [-0.1, -0.05) is 166 Å². The van der Waals surface area contributed by atoms with Crippen molar-refractivity contribution >= 4 is 122 Å². The minimum absolute atomic E-state index is 0. The van der Waals surface area contributed by atoms with E-state index in [4.69, 9.17) is 50.7 Å². The average Bonchev–Trinajstić information content (AvgIpc) is 0.955. The molecule has 9 N–H and O–H groups in total. The number of carboxylic acids is 1. The predicted molar refractivity (Wildman–Crippen MR) is 439 cm³/mol. The Morgan fingerprint density at radius 2 is 0.869 bits per heavy atom. The van der Waals surface area contributed by atoms with Crippen LogP contribution in [0.25, 0.3) is 0 Å². The Morgan fingerprint density at radius 3 is 1.23 bits per heavy atom. The lowest BCUT2D eigenvalue weighted by molar-refractivity contribution is -0.141. The number of carboxylic acid groups (broad SMARTS) is 1. The van der Waals surface area contributed by atoms with Crippen LogP contribution in [0.15, 0.2) is 97.1 Å². The van der Waals surface area contributed by atoms with Gasteiger partial charge in [0.1, 0.15) is 46.8 Å². The van der Waals surface area contributed by atoms with Crippen molar-refractivity contribution in [1.82, 2.24) is 10.6 Å². The van der Waals surface area contributed by atoms with Crippen molar-refractivity contribution in [3.63, 3.8) is 0 Å². The van der Waals surface area contributed by atoms with Gasteiger partial charge in [-0.05, 0) is 177 Å². The molecule has 18 nitrogen and oxygen atoms in total. The monoisotopic (exact) mass is 1520 g/mol. The van der Waals surface area contributed by atoms with Crippen molar-refractivity contribution in [2.24, 2.45) is 23.1 Å². The molecule has 0 unspecified atom stereocenters. The fourth-order valence-corrected chi connectivity index (χ4v) is 9.89. The molecule has 0 saturated carbocycles. The van der Waals surface area contributed by atoms with E-state index in [1.54, 1.807) is 55.4 Å². The molecular weight excluding hydrogens is 1390 g/mol. The van der Waals surface area contributed by atoms with E-state index < -0.39 is 41.4 Å². The lowest BCUT2D eigenvalue weighted by Crippen LogP contribution is -2.42. The van der Waals surface area contributed by atoms with Gasteiger partial charge in [0.05, 0.1) is 31.8 Å². The molecule has 0 bridgehead atoms. The number of aliphatic carboxylic acids is 1. The van der Waals surface area contributed by atoms with Gasteiger partial charge in [0, 0.05) is 43.0 Å². The van der Waals surface area contributed by atoms with Crippen LogP contribution in [0.1, 0.15) is 211 Å². The van der Waals surface area contributed by atoms with Crippen molar-refractivity contribution in [2.75, 3.05) is 46.1 Å². The molecule has 0 saturated heterocycles. The number of thiol groups is 1. The number of amides is 2. The fraction of sp³-hybridized carbons (Fsp3) is 0.595. The summed E-state index contributed by atoms with van der Waals surface area (Å²) >= 11 is 7.92. The number of alkyl carbamates (subject to hydrolysis) is 2. The topological polar surface area (TPSA) is 280 Å². The van der Waals surface area contributed by atoms with Gasteiger partial charge in [-0.25, -0.2) is 9.59 Å². The molecule has 0 radical (unpaired) electrons. The number of unbranched alkanes of at least 4 members (excludes halogenated alkanes) is 4. The van der Waals surface area contributed by atoms with E-state index in [1.807, 2.05) is 97.1 Å². The summed E-state index contributed by atoms with van der Waals surface area (Å²) in [6, 6.07) is 30.2. The van der Waals surface area contributed by atoms with E-state index >= 15 is 0 Å². The highest BCUT2D eigenvalue weighted by Gasteiger charge is 2.25. The molecule has 0 aliphatic carbocycles. The Kier molecular flexibility index (Phi) is 72.6. The maximum atomic E-state index is 12.9. The maximum Gasteiger partial charge on any atom is 0.408 e. The molecule has 3 atom stereocenters. The van der Waals surface area contributed by atoms with Crippen molar-refractivity contribution in [3.05, 3.63) is 119 Å². The molecule has 0 heterocycles. The van der Waals surface area contributed by atoms with Crippen molar-refractivity contribution in [2.45, 2.75) is 235 Å². The molecule has 0 aliphatic heterocycles. The molecule has 4 rings (SSSR count). The van der Waals surface area contributed by atoms with Gasteiger partial charge in [0.2, 0.25) is 10.2 Å². The number of thioether (sulfide) groups is 3. The molecule has 0 fully saturated rings. The number of nitrogens with one attached hydrogen (secondary N) is 2. The summed E-state index contributed by atoms with van der Waals surface area (Å²) in [4.78, 5) is 69.9. The third kappa shape index (κ3) is 61.8. The summed E-state index contributed by atoms with van der Waals surface area (Å²) in [6.45, 7) is 26.7. The molecule has 572 valence electrons. The van der Waals surface area contributed by atoms with Crippen LogP contribution < -0.4 is 46.8 Å². The molecule has 4 aromatic rings. The van der Waals surface area contributed by atoms with Crippen LogP contribution in [-0.2, 0) is 51.7 Å². The fourth-order valence-electron chi connectivity index (χ4n) is 7.40. The van der Waals surface area contributed by atoms with E-state index in [9.17, 15) is 28.8 Å². The van der Waals surface area contributed by atoms with Crippen molar-refractivity contribution < 1.29 is 62.3 Å². The highest BCUT2D eigenvalue weighted by molar-refractivity contribution is 8.13. The smallest absolute Gasteiger partial charge is 0.408 e. The zero-order valence-corrected chi connectivity index (χ0v) is 65.5. The zero-order chi connectivity index (χ0) is 69.9. The Bertz CT molecular complexity index is 2620. The molecule has 0 aromatic heterocycles. The number of carbonyl (C=O) groups excluding carboxylic acids is 5. The number of hydrogen-bond donors (Lipinski definition) is 7. The third-order valence-corrected chi connectivity index (χ3v) is 15.7. The van der Waals surface area contributed by atoms with Gasteiger partial charge >= 0.3 is 18.2 Å². The summed E-state index contributed by atoms with van der Waals surface area (Å²) < 4.78 is 32.4. The number of benzene rings is 4. The molecule has 99 heavy (non-hydrogen) atoms. The van der Waals surface area contributed by atoms with Gasteiger partial charge in [0.15, 0.2) is 5.12 Å². The van der Waals surface area contributed by atoms with E-state index in [0.717, 1.165) is 134 Å². The predicted octanol–water partition coefficient (Wildman–Crippen LogP) is 17.8. The first-order valence-corrected chi connectivity index (χ1v) is 36.1. The van der Waals surface area contributed by atoms with Crippen LogP contribution in [0.5, 0.6) is 23.0 Å². The summed E-state index contributed by atoms with van der Waals surface area (Å²) in [5, 5.41) is 13.9. The van der Waals surface area contributed by atoms with Crippen molar-refractivity contribution in [3.8, 4) is 23.0 Å². The summed E-state index contributed by atoms with van der Waals surface area (Å²) in [7, 11) is 0. The summed E-state index contributed by atoms with van der Waals surface area (Å²) in [5.41, 5.74) is 19.9. The number of hydrogen-bond acceptors (Lipinski definition) is 19. The first-order chi connectivity index (χ1) is 44.2. The summed E-state index contributed by atoms with van der Waals surface area (Å²) in [5.74, 6) is 5.24. The molecule has 0 spiro atoms. The first-order valence-electron chi connectivity index (χ1n) is 32.5. The first kappa shape index (κ1) is 108. The Balaban J connectivity index is -0.000000227. The van der Waals surface area contributed by atoms with Gasteiger partial charge in [-0.3, -0.25) is 19.2 Å². The molecule has 2 amide bonds. The van der Waals surface area contributed by atoms with E-state index in [-0.39, 0.29) is 84.0 Å². The summed E-state index contributed by atoms with van der Waals surface area (Å²) in [6.07, 6.45) is 10.3. The SMILES string of the molecule is C.C.C.CCCCC[C@H](C)C(=O)O.CCCOc1ccc(CS)cc1.CCCOc1ccc(CSC(=O)[C@H](CCCCNC(=O)OC(C)(C)C)NC(=O)OC(C)(C)C)cc1.CCCOc1ccc(CSC(C)=O)cc1.NCCCC[C@H](N)C(=O)SCc1ccc(OCCN)cc1.S.S.S. The van der Waals surface area contributed by atoms with Crippen LogP contribution in [-0.4, -0.2) is 108 Å². The number of ether oxygens (including phenoxy) is 6. The van der Waals surface area contributed by atoms with Gasteiger partial charge < -0.3 is 61.4 Å². The van der Waals surface area contributed by atoms with Crippen LogP contribution in [0, 0.1) is 5.92 Å². The van der Waals surface area contributed by atoms with Gasteiger partial charge in [-0.2, -0.15) is 53.1 Å². The largest absolute Gasteiger partial charge is 0.494 e. The second kappa shape index (κ2) is 66.7. The number of nitrogens with two attached hydrogens (primary N) is 3. The lowest BCUT2D eigenvalue weighted by Gasteiger charge is -2.23. The van der Waals surface area contributed by atoms with Gasteiger partial charge in [0.25, 0.3) is 0 Å². The highest BCUT2D eigenvalue weighted by Crippen LogP contribution is 2.23. The lowest BCUT2D eigenvalue weighted by atomic mass is 10.0. The average molecular weight is 1520 g/mol. The van der Waals surface area contributed by atoms with Gasteiger partial charge in [-0.15, -0.1) is 0 Å². The highest BCUT2D eigenvalue weighted by atomic mass is 32.2. The molecule has 0 aliphatic rings. The third-order valence-electron chi connectivity index (χ3n) is 12.4. The van der Waals surface area contributed by atoms with Crippen LogP contribution >= 0.6 is 88.4 Å². The van der Waals surface area contributed by atoms with Crippen LogP contribution in [0.2, 0.25) is 0 Å². The van der Waals surface area contributed by atoms with Crippen LogP contribution in [0.3, 0.4) is 0 Å². The molecule has 4 aromatic carbocycles. The normalized spacial score (nSPS) is 11.0. The van der Waals surface area contributed by atoms with E-state index in [0.29, 0.717) is 70.0 Å². The second-order valence-electron chi connectivity index (χ2n) is 23.7. The number of carbonyl (C=O) groups is 6.